The summed E-state index contributed by atoms with van der Waals surface area (Å²) in [5.74, 6) is 0.418. The largest absolute Gasteiger partial charge is 0.348 e. The topological polar surface area (TPSA) is 83.8 Å². The maximum Gasteiger partial charge on any atom is 0.237 e. The van der Waals surface area contributed by atoms with Crippen molar-refractivity contribution in [2.75, 3.05) is 0 Å². The van der Waals surface area contributed by atoms with Crippen LogP contribution in [0.3, 0.4) is 0 Å². The molecule has 108 valence electrons. The highest BCUT2D eigenvalue weighted by Crippen LogP contribution is 2.12. The lowest BCUT2D eigenvalue weighted by atomic mass is 10.0. The Bertz CT molecular complexity index is 608. The molecule has 2 rings (SSSR count). The summed E-state index contributed by atoms with van der Waals surface area (Å²) in [6, 6.07) is 3.80. The molecular formula is C14H19FN4O. The van der Waals surface area contributed by atoms with E-state index in [1.807, 2.05) is 13.8 Å². The van der Waals surface area contributed by atoms with Gasteiger partial charge in [-0.25, -0.2) is 9.37 Å². The van der Waals surface area contributed by atoms with Gasteiger partial charge < -0.3 is 16.0 Å². The number of imidazole rings is 1. The van der Waals surface area contributed by atoms with Crippen molar-refractivity contribution < 1.29 is 9.18 Å². The first-order chi connectivity index (χ1) is 9.45. The zero-order valence-electron chi connectivity index (χ0n) is 11.6. The highest BCUT2D eigenvalue weighted by molar-refractivity contribution is 5.81. The zero-order valence-corrected chi connectivity index (χ0v) is 11.6. The molecule has 0 saturated heterocycles. The molecule has 2 aromatic rings. The summed E-state index contributed by atoms with van der Waals surface area (Å²) in [4.78, 5) is 19.0. The van der Waals surface area contributed by atoms with Gasteiger partial charge in [-0.1, -0.05) is 13.8 Å². The fraction of sp³-hybridized carbons (Fsp3) is 0.429. The van der Waals surface area contributed by atoms with Gasteiger partial charge in [0.25, 0.3) is 0 Å². The second-order valence-electron chi connectivity index (χ2n) is 5.30. The predicted molar refractivity (Wildman–Crippen MR) is 75.3 cm³/mol. The number of rotatable bonds is 5. The Labute approximate surface area is 116 Å². The van der Waals surface area contributed by atoms with Gasteiger partial charge >= 0.3 is 0 Å². The molecule has 0 aliphatic carbocycles. The van der Waals surface area contributed by atoms with E-state index in [-0.39, 0.29) is 18.3 Å². The average molecular weight is 278 g/mol. The highest BCUT2D eigenvalue weighted by atomic mass is 19.1. The molecule has 1 atom stereocenters. The van der Waals surface area contributed by atoms with Gasteiger partial charge in [-0.05, 0) is 30.5 Å². The van der Waals surface area contributed by atoms with Crippen LogP contribution in [-0.2, 0) is 11.3 Å². The predicted octanol–water partition coefficient (Wildman–Crippen LogP) is 1.69. The standard InChI is InChI=1S/C14H19FN4O/c1-8(2)5-10(16)14(20)17-7-13-18-11-4-3-9(15)6-12(11)19-13/h3-4,6,8,10H,5,7,16H2,1-2H3,(H,17,20)(H,18,19)/t10-/m0/s1. The maximum absolute atomic E-state index is 13.1. The number of nitrogens with one attached hydrogen (secondary N) is 2. The lowest BCUT2D eigenvalue weighted by Gasteiger charge is -2.13. The third-order valence-corrected chi connectivity index (χ3v) is 2.99. The number of carbonyl (C=O) groups is 1. The second kappa shape index (κ2) is 6.00. The molecular weight excluding hydrogens is 259 g/mol. The Kier molecular flexibility index (Phi) is 4.34. The molecule has 0 spiro atoms. The van der Waals surface area contributed by atoms with Crippen molar-refractivity contribution in [2.24, 2.45) is 11.7 Å². The van der Waals surface area contributed by atoms with Gasteiger partial charge in [-0.3, -0.25) is 4.79 Å². The number of hydrogen-bond acceptors (Lipinski definition) is 3. The van der Waals surface area contributed by atoms with Gasteiger partial charge in [-0.2, -0.15) is 0 Å². The molecule has 20 heavy (non-hydrogen) atoms. The number of halogens is 1. The van der Waals surface area contributed by atoms with E-state index < -0.39 is 6.04 Å². The van der Waals surface area contributed by atoms with Crippen molar-refractivity contribution in [2.45, 2.75) is 32.9 Å². The van der Waals surface area contributed by atoms with Crippen LogP contribution in [0, 0.1) is 11.7 Å². The number of H-pyrrole nitrogens is 1. The average Bonchev–Trinajstić information content (AvgIpc) is 2.76. The van der Waals surface area contributed by atoms with Crippen LogP contribution in [0.25, 0.3) is 11.0 Å². The van der Waals surface area contributed by atoms with Crippen LogP contribution in [0.5, 0.6) is 0 Å². The minimum absolute atomic E-state index is 0.203. The number of fused-ring (bicyclic) bond motifs is 1. The Hall–Kier alpha value is -1.95. The molecule has 5 nitrogen and oxygen atoms in total. The number of benzene rings is 1. The molecule has 0 fully saturated rings. The minimum Gasteiger partial charge on any atom is -0.348 e. The number of aromatic nitrogens is 2. The number of carbonyl (C=O) groups excluding carboxylic acids is 1. The van der Waals surface area contributed by atoms with Crippen LogP contribution >= 0.6 is 0 Å². The lowest BCUT2D eigenvalue weighted by molar-refractivity contribution is -0.122. The van der Waals surface area contributed by atoms with Crippen LogP contribution in [0.1, 0.15) is 26.1 Å². The number of hydrogen-bond donors (Lipinski definition) is 3. The van der Waals surface area contributed by atoms with Gasteiger partial charge in [0.15, 0.2) is 0 Å². The summed E-state index contributed by atoms with van der Waals surface area (Å²) in [5.41, 5.74) is 7.07. The molecule has 0 aliphatic rings. The molecule has 1 aromatic carbocycles. The van der Waals surface area contributed by atoms with Crippen molar-refractivity contribution in [3.05, 3.63) is 29.8 Å². The zero-order chi connectivity index (χ0) is 14.7. The fourth-order valence-corrected chi connectivity index (χ4v) is 2.04. The van der Waals surface area contributed by atoms with E-state index >= 15 is 0 Å². The van der Waals surface area contributed by atoms with Gasteiger partial charge in [0.2, 0.25) is 5.91 Å². The Balaban J connectivity index is 1.97. The first-order valence-electron chi connectivity index (χ1n) is 6.63. The number of amides is 1. The van der Waals surface area contributed by atoms with E-state index in [1.54, 1.807) is 6.07 Å². The highest BCUT2D eigenvalue weighted by Gasteiger charge is 2.15. The molecule has 4 N–H and O–H groups in total. The van der Waals surface area contributed by atoms with Crippen molar-refractivity contribution in [1.82, 2.24) is 15.3 Å². The monoisotopic (exact) mass is 278 g/mol. The van der Waals surface area contributed by atoms with Crippen molar-refractivity contribution in [3.63, 3.8) is 0 Å². The number of aromatic amines is 1. The van der Waals surface area contributed by atoms with Gasteiger partial charge in [0, 0.05) is 0 Å². The van der Waals surface area contributed by atoms with Crippen LogP contribution < -0.4 is 11.1 Å². The normalized spacial score (nSPS) is 12.8. The SMILES string of the molecule is CC(C)C[C@H](N)C(=O)NCc1nc2ccc(F)cc2[nH]1. The molecule has 1 aromatic heterocycles. The van der Waals surface area contributed by atoms with Gasteiger partial charge in [-0.15, -0.1) is 0 Å². The van der Waals surface area contributed by atoms with Crippen molar-refractivity contribution in [1.29, 1.82) is 0 Å². The maximum atomic E-state index is 13.1. The smallest absolute Gasteiger partial charge is 0.237 e. The fourth-order valence-electron chi connectivity index (χ4n) is 2.04. The molecule has 0 radical (unpaired) electrons. The second-order valence-corrected chi connectivity index (χ2v) is 5.30. The summed E-state index contributed by atoms with van der Waals surface area (Å²) in [6.45, 7) is 4.28. The van der Waals surface area contributed by atoms with Crippen molar-refractivity contribution >= 4 is 16.9 Å². The Morgan fingerprint density at radius 1 is 1.50 bits per heavy atom. The van der Waals surface area contributed by atoms with Gasteiger partial charge in [0.1, 0.15) is 11.6 Å². The molecule has 1 amide bonds. The van der Waals surface area contributed by atoms with Crippen LogP contribution in [0.2, 0.25) is 0 Å². The summed E-state index contributed by atoms with van der Waals surface area (Å²) in [7, 11) is 0. The Morgan fingerprint density at radius 2 is 2.25 bits per heavy atom. The van der Waals surface area contributed by atoms with Crippen LogP contribution in [-0.4, -0.2) is 21.9 Å². The quantitative estimate of drug-likeness (QED) is 0.778. The molecule has 0 saturated carbocycles. The van der Waals surface area contributed by atoms with E-state index in [0.717, 1.165) is 0 Å². The molecule has 0 unspecified atom stereocenters. The summed E-state index contributed by atoms with van der Waals surface area (Å²) in [5, 5.41) is 2.73. The first kappa shape index (κ1) is 14.5. The van der Waals surface area contributed by atoms with E-state index in [2.05, 4.69) is 15.3 Å². The molecule has 6 heteroatoms. The molecule has 0 aliphatic heterocycles. The minimum atomic E-state index is -0.517. The lowest BCUT2D eigenvalue weighted by Crippen LogP contribution is -2.41. The van der Waals surface area contributed by atoms with Gasteiger partial charge in [0.05, 0.1) is 23.6 Å². The third-order valence-electron chi connectivity index (χ3n) is 2.99. The first-order valence-corrected chi connectivity index (χ1v) is 6.63. The molecule has 0 bridgehead atoms. The number of nitrogens with zero attached hydrogens (tertiary/aromatic N) is 1. The van der Waals surface area contributed by atoms with E-state index in [0.29, 0.717) is 29.2 Å². The van der Waals surface area contributed by atoms with Crippen LogP contribution in [0.15, 0.2) is 18.2 Å². The molecule has 1 heterocycles. The third kappa shape index (κ3) is 3.54. The van der Waals surface area contributed by atoms with E-state index in [1.165, 1.54) is 12.1 Å². The van der Waals surface area contributed by atoms with E-state index in [9.17, 15) is 9.18 Å². The summed E-state index contributed by atoms with van der Waals surface area (Å²) >= 11 is 0. The number of nitrogens with two attached hydrogens (primary N) is 1. The Morgan fingerprint density at radius 3 is 2.95 bits per heavy atom. The van der Waals surface area contributed by atoms with E-state index in [4.69, 9.17) is 5.73 Å². The van der Waals surface area contributed by atoms with Crippen LogP contribution in [0.4, 0.5) is 4.39 Å². The summed E-state index contributed by atoms with van der Waals surface area (Å²) in [6.07, 6.45) is 0.636. The summed E-state index contributed by atoms with van der Waals surface area (Å²) < 4.78 is 13.1. The van der Waals surface area contributed by atoms with Crippen molar-refractivity contribution in [3.8, 4) is 0 Å².